The summed E-state index contributed by atoms with van der Waals surface area (Å²) >= 11 is 0. The van der Waals surface area contributed by atoms with Gasteiger partial charge in [-0.15, -0.1) is 12.4 Å². The normalized spacial score (nSPS) is 21.9. The Morgan fingerprint density at radius 1 is 1.17 bits per heavy atom. The van der Waals surface area contributed by atoms with E-state index in [1.165, 1.54) is 4.90 Å². The molecule has 2 fully saturated rings. The van der Waals surface area contributed by atoms with Gasteiger partial charge in [0.05, 0.1) is 31.0 Å². The van der Waals surface area contributed by atoms with Crippen LogP contribution in [0.2, 0.25) is 0 Å². The average Bonchev–Trinajstić information content (AvgIpc) is 3.49. The highest BCUT2D eigenvalue weighted by Gasteiger charge is 2.49. The van der Waals surface area contributed by atoms with Gasteiger partial charge in [-0.1, -0.05) is 0 Å². The molecule has 1 amide bonds. The number of fused-ring (bicyclic) bond motifs is 1. The van der Waals surface area contributed by atoms with Crippen molar-refractivity contribution in [3.05, 3.63) is 18.0 Å². The zero-order valence-electron chi connectivity index (χ0n) is 20.0. The third-order valence-electron chi connectivity index (χ3n) is 7.01. The van der Waals surface area contributed by atoms with Crippen molar-refractivity contribution in [3.8, 4) is 11.3 Å². The summed E-state index contributed by atoms with van der Waals surface area (Å²) in [6.07, 6.45) is 4.49. The van der Waals surface area contributed by atoms with Crippen molar-refractivity contribution in [1.29, 1.82) is 0 Å². The van der Waals surface area contributed by atoms with Crippen LogP contribution in [0.3, 0.4) is 0 Å². The van der Waals surface area contributed by atoms with Crippen molar-refractivity contribution in [2.75, 3.05) is 68.0 Å². The second-order valence-electron chi connectivity index (χ2n) is 9.39. The Labute approximate surface area is 213 Å². The van der Waals surface area contributed by atoms with E-state index < -0.39 is 23.9 Å². The molecule has 36 heavy (non-hydrogen) atoms. The largest absolute Gasteiger partial charge is 0.378 e. The lowest BCUT2D eigenvalue weighted by Gasteiger charge is -2.37. The standard InChI is InChI=1S/C22H29F2N9O2.ClH/c1-21(3-5-32(13-21)18(34)22(23,24)12-25)33-4-2-15-16(14-10-27-19(26)28-11-14)29-20(30-17(15)33)31-6-8-35-9-7-31;/h10-11H,2-9,12-13,25H2,1H3,(H2,26,27,28);1H/t21-;/m0./s1. The Kier molecular flexibility index (Phi) is 7.17. The van der Waals surface area contributed by atoms with Crippen molar-refractivity contribution in [3.63, 3.8) is 0 Å². The van der Waals surface area contributed by atoms with Crippen LogP contribution in [0, 0.1) is 0 Å². The van der Waals surface area contributed by atoms with Crippen LogP contribution < -0.4 is 21.3 Å². The van der Waals surface area contributed by atoms with Gasteiger partial charge in [0.2, 0.25) is 11.9 Å². The molecular formula is C22H30ClF2N9O2. The molecule has 0 bridgehead atoms. The summed E-state index contributed by atoms with van der Waals surface area (Å²) in [6.45, 7) is 4.48. The Balaban J connectivity index is 0.00000304. The van der Waals surface area contributed by atoms with E-state index in [1.807, 2.05) is 6.92 Å². The monoisotopic (exact) mass is 525 g/mol. The van der Waals surface area contributed by atoms with Gasteiger partial charge in [0.25, 0.3) is 5.91 Å². The number of carbonyl (C=O) groups excluding carboxylic acids is 1. The minimum atomic E-state index is -3.57. The van der Waals surface area contributed by atoms with Gasteiger partial charge in [-0.3, -0.25) is 4.79 Å². The SMILES string of the molecule is C[C@]1(N2CCc3c(-c4cnc(N)nc4)nc(N4CCOCC4)nc32)CCN(C(=O)C(F)(F)CN)C1.Cl. The van der Waals surface area contributed by atoms with Crippen LogP contribution in [0.5, 0.6) is 0 Å². The van der Waals surface area contributed by atoms with Crippen LogP contribution in [0.15, 0.2) is 12.4 Å². The molecule has 196 valence electrons. The van der Waals surface area contributed by atoms with E-state index in [1.54, 1.807) is 12.4 Å². The molecule has 5 heterocycles. The molecule has 0 spiro atoms. The number of hydrogen-bond donors (Lipinski definition) is 2. The van der Waals surface area contributed by atoms with E-state index >= 15 is 0 Å². The molecule has 1 atom stereocenters. The highest BCUT2D eigenvalue weighted by Crippen LogP contribution is 2.41. The molecule has 2 saturated heterocycles. The number of hydrogen-bond acceptors (Lipinski definition) is 10. The molecule has 4 N–H and O–H groups in total. The van der Waals surface area contributed by atoms with E-state index in [-0.39, 0.29) is 31.4 Å². The van der Waals surface area contributed by atoms with Crippen molar-refractivity contribution in [2.24, 2.45) is 5.73 Å². The van der Waals surface area contributed by atoms with Crippen molar-refractivity contribution >= 4 is 36.0 Å². The number of rotatable bonds is 5. The summed E-state index contributed by atoms with van der Waals surface area (Å²) in [4.78, 5) is 35.9. The molecule has 0 aromatic carbocycles. The molecule has 2 aromatic heterocycles. The Morgan fingerprint density at radius 2 is 1.86 bits per heavy atom. The second kappa shape index (κ2) is 9.87. The van der Waals surface area contributed by atoms with E-state index in [9.17, 15) is 13.6 Å². The number of ether oxygens (including phenoxy) is 1. The Hall–Kier alpha value is -2.90. The highest BCUT2D eigenvalue weighted by molar-refractivity contribution is 5.85. The molecule has 0 unspecified atom stereocenters. The summed E-state index contributed by atoms with van der Waals surface area (Å²) in [5.74, 6) is -3.31. The lowest BCUT2D eigenvalue weighted by Crippen LogP contribution is -2.52. The molecule has 0 saturated carbocycles. The highest BCUT2D eigenvalue weighted by atomic mass is 35.5. The Bertz CT molecular complexity index is 1120. The molecule has 2 aromatic rings. The molecule has 3 aliphatic rings. The smallest absolute Gasteiger partial charge is 0.336 e. The lowest BCUT2D eigenvalue weighted by molar-refractivity contribution is -0.154. The van der Waals surface area contributed by atoms with Crippen LogP contribution >= 0.6 is 12.4 Å². The number of likely N-dealkylation sites (tertiary alicyclic amines) is 1. The first kappa shape index (κ1) is 26.2. The van der Waals surface area contributed by atoms with Gasteiger partial charge in [-0.2, -0.15) is 13.8 Å². The summed E-state index contributed by atoms with van der Waals surface area (Å²) in [5.41, 5.74) is 12.7. The average molecular weight is 526 g/mol. The predicted molar refractivity (Wildman–Crippen MR) is 132 cm³/mol. The first-order valence-corrected chi connectivity index (χ1v) is 11.7. The summed E-state index contributed by atoms with van der Waals surface area (Å²) < 4.78 is 33.5. The summed E-state index contributed by atoms with van der Waals surface area (Å²) in [7, 11) is 0. The van der Waals surface area contributed by atoms with E-state index in [0.717, 1.165) is 22.6 Å². The van der Waals surface area contributed by atoms with Crippen LogP contribution in [0.1, 0.15) is 18.9 Å². The fourth-order valence-corrected chi connectivity index (χ4v) is 5.03. The van der Waals surface area contributed by atoms with Gasteiger partial charge in [-0.25, -0.2) is 15.0 Å². The Morgan fingerprint density at radius 3 is 2.53 bits per heavy atom. The third kappa shape index (κ3) is 4.62. The minimum absolute atomic E-state index is 0. The summed E-state index contributed by atoms with van der Waals surface area (Å²) in [5, 5.41) is 0. The maximum atomic E-state index is 14.0. The maximum Gasteiger partial charge on any atom is 0.336 e. The van der Waals surface area contributed by atoms with Gasteiger partial charge < -0.3 is 30.9 Å². The predicted octanol–water partition coefficient (Wildman–Crippen LogP) is 0.722. The second-order valence-corrected chi connectivity index (χ2v) is 9.39. The number of nitrogens with zero attached hydrogens (tertiary/aromatic N) is 7. The molecule has 14 heteroatoms. The molecule has 3 aliphatic heterocycles. The van der Waals surface area contributed by atoms with Gasteiger partial charge in [-0.05, 0) is 19.8 Å². The molecular weight excluding hydrogens is 496 g/mol. The van der Waals surface area contributed by atoms with E-state index in [4.69, 9.17) is 26.2 Å². The number of carbonyl (C=O) groups is 1. The third-order valence-corrected chi connectivity index (χ3v) is 7.01. The quantitative estimate of drug-likeness (QED) is 0.574. The van der Waals surface area contributed by atoms with Crippen LogP contribution in [-0.2, 0) is 16.0 Å². The van der Waals surface area contributed by atoms with Crippen molar-refractivity contribution in [2.45, 2.75) is 31.2 Å². The zero-order valence-corrected chi connectivity index (χ0v) is 20.8. The van der Waals surface area contributed by atoms with Gasteiger partial charge in [0.15, 0.2) is 0 Å². The lowest BCUT2D eigenvalue weighted by atomic mass is 9.99. The van der Waals surface area contributed by atoms with Crippen molar-refractivity contribution in [1.82, 2.24) is 24.8 Å². The van der Waals surface area contributed by atoms with E-state index in [2.05, 4.69) is 19.8 Å². The topological polar surface area (TPSA) is 140 Å². The maximum absolute atomic E-state index is 14.0. The first-order valence-electron chi connectivity index (χ1n) is 11.7. The molecule has 5 rings (SSSR count). The van der Waals surface area contributed by atoms with E-state index in [0.29, 0.717) is 51.6 Å². The van der Waals surface area contributed by atoms with Crippen molar-refractivity contribution < 1.29 is 18.3 Å². The van der Waals surface area contributed by atoms with Crippen LogP contribution in [-0.4, -0.2) is 94.7 Å². The molecule has 0 aliphatic carbocycles. The number of nitrogens with two attached hydrogens (primary N) is 2. The number of anilines is 3. The van der Waals surface area contributed by atoms with Crippen LogP contribution in [0.4, 0.5) is 26.5 Å². The number of nitrogen functional groups attached to an aromatic ring is 1. The number of halogens is 3. The fraction of sp³-hybridized carbons (Fsp3) is 0.591. The number of amides is 1. The van der Waals surface area contributed by atoms with Gasteiger partial charge in [0.1, 0.15) is 5.82 Å². The van der Waals surface area contributed by atoms with Gasteiger partial charge >= 0.3 is 5.92 Å². The summed E-state index contributed by atoms with van der Waals surface area (Å²) in [6, 6.07) is 0. The van der Waals surface area contributed by atoms with Gasteiger partial charge in [0, 0.05) is 56.2 Å². The number of morpholine rings is 1. The number of aromatic nitrogens is 4. The molecule has 11 nitrogen and oxygen atoms in total. The zero-order chi connectivity index (χ0) is 24.8. The number of alkyl halides is 2. The van der Waals surface area contributed by atoms with Crippen LogP contribution in [0.25, 0.3) is 11.3 Å². The molecule has 0 radical (unpaired) electrons. The first-order chi connectivity index (χ1) is 16.7. The minimum Gasteiger partial charge on any atom is -0.378 e. The fourth-order valence-electron chi connectivity index (χ4n) is 5.03.